The van der Waals surface area contributed by atoms with Crippen LogP contribution in [-0.4, -0.2) is 33.4 Å². The molecule has 0 aromatic rings. The standard InChI is InChI=1S/C5H8O4.CH2O3.Na/c6-4(7)2-1-3-5(8)9;2-1(3)4;/h1-3H2,(H,6,7)(H,8,9);(H2,2,3,4);/q;;+1/p-1. The van der Waals surface area contributed by atoms with Gasteiger partial charge >= 0.3 is 41.5 Å². The summed E-state index contributed by atoms with van der Waals surface area (Å²) in [5.74, 6) is -1.90. The van der Waals surface area contributed by atoms with E-state index in [1.165, 1.54) is 0 Å². The van der Waals surface area contributed by atoms with Crippen LogP contribution >= 0.6 is 0 Å². The number of hydrogen-bond acceptors (Lipinski definition) is 4. The first kappa shape index (κ1) is 18.9. The summed E-state index contributed by atoms with van der Waals surface area (Å²) in [7, 11) is 0. The van der Waals surface area contributed by atoms with Crippen LogP contribution in [0.1, 0.15) is 19.3 Å². The van der Waals surface area contributed by atoms with Gasteiger partial charge in [0.25, 0.3) is 0 Å². The van der Waals surface area contributed by atoms with Gasteiger partial charge in [0.15, 0.2) is 0 Å². The molecule has 0 rings (SSSR count). The van der Waals surface area contributed by atoms with Crippen molar-refractivity contribution in [3.63, 3.8) is 0 Å². The van der Waals surface area contributed by atoms with Gasteiger partial charge in [-0.25, -0.2) is 0 Å². The molecule has 0 aromatic heterocycles. The van der Waals surface area contributed by atoms with Crippen LogP contribution in [0, 0.1) is 0 Å². The predicted octanol–water partition coefficient (Wildman–Crippen LogP) is -3.78. The van der Waals surface area contributed by atoms with Gasteiger partial charge in [0.1, 0.15) is 0 Å². The summed E-state index contributed by atoms with van der Waals surface area (Å²) in [5, 5.41) is 31.4. The van der Waals surface area contributed by atoms with Crippen molar-refractivity contribution in [3.8, 4) is 0 Å². The Morgan fingerprint density at radius 1 is 0.929 bits per heavy atom. The van der Waals surface area contributed by atoms with Gasteiger partial charge in [-0.15, -0.1) is 0 Å². The fourth-order valence-electron chi connectivity index (χ4n) is 0.391. The van der Waals surface area contributed by atoms with E-state index in [4.69, 9.17) is 25.2 Å². The molecule has 14 heavy (non-hydrogen) atoms. The second-order valence-electron chi connectivity index (χ2n) is 1.91. The molecular formula is C6H9NaO7. The molecule has 7 nitrogen and oxygen atoms in total. The van der Waals surface area contributed by atoms with Crippen LogP contribution in [-0.2, 0) is 9.59 Å². The van der Waals surface area contributed by atoms with E-state index in [-0.39, 0.29) is 48.8 Å². The SMILES string of the molecule is O=C(O)CCCC(=O)O.O=C([O-])O.[Na+]. The van der Waals surface area contributed by atoms with E-state index in [2.05, 4.69) is 0 Å². The Bertz CT molecular complexity index is 173. The van der Waals surface area contributed by atoms with Crippen molar-refractivity contribution in [1.82, 2.24) is 0 Å². The summed E-state index contributed by atoms with van der Waals surface area (Å²) in [6, 6.07) is 0. The van der Waals surface area contributed by atoms with Crippen LogP contribution in [0.15, 0.2) is 0 Å². The Morgan fingerprint density at radius 3 is 1.29 bits per heavy atom. The topological polar surface area (TPSA) is 135 Å². The van der Waals surface area contributed by atoms with E-state index >= 15 is 0 Å². The first-order valence-electron chi connectivity index (χ1n) is 3.19. The summed E-state index contributed by atoms with van der Waals surface area (Å²) in [6.45, 7) is 0. The van der Waals surface area contributed by atoms with Gasteiger partial charge in [0.2, 0.25) is 6.16 Å². The van der Waals surface area contributed by atoms with Gasteiger partial charge in [-0.05, 0) is 6.42 Å². The minimum atomic E-state index is -2.08. The molecule has 0 radical (unpaired) electrons. The quantitative estimate of drug-likeness (QED) is 0.410. The van der Waals surface area contributed by atoms with Crippen molar-refractivity contribution in [2.75, 3.05) is 0 Å². The van der Waals surface area contributed by atoms with E-state index in [0.29, 0.717) is 0 Å². The maximum Gasteiger partial charge on any atom is 1.00 e. The maximum absolute atomic E-state index is 9.79. The zero-order chi connectivity index (χ0) is 10.9. The molecule has 76 valence electrons. The van der Waals surface area contributed by atoms with Crippen LogP contribution in [0.3, 0.4) is 0 Å². The average molecular weight is 216 g/mol. The number of rotatable bonds is 4. The third kappa shape index (κ3) is 43.1. The normalized spacial score (nSPS) is 7.43. The molecule has 0 amide bonds. The smallest absolute Gasteiger partial charge is 0.565 e. The number of hydrogen-bond donors (Lipinski definition) is 3. The van der Waals surface area contributed by atoms with Crippen LogP contribution < -0.4 is 34.7 Å². The van der Waals surface area contributed by atoms with Crippen molar-refractivity contribution >= 4 is 18.1 Å². The number of carbonyl (C=O) groups is 3. The summed E-state index contributed by atoms with van der Waals surface area (Å²) >= 11 is 0. The number of carboxylic acids is 2. The van der Waals surface area contributed by atoms with Gasteiger partial charge in [0.05, 0.1) is 0 Å². The zero-order valence-corrected chi connectivity index (χ0v) is 9.60. The molecule has 0 bridgehead atoms. The molecular weight excluding hydrogens is 207 g/mol. The van der Waals surface area contributed by atoms with Gasteiger partial charge < -0.3 is 25.2 Å². The van der Waals surface area contributed by atoms with E-state index in [9.17, 15) is 9.59 Å². The van der Waals surface area contributed by atoms with Crippen LogP contribution in [0.2, 0.25) is 0 Å². The molecule has 8 heteroatoms. The fourth-order valence-corrected chi connectivity index (χ4v) is 0.391. The molecule has 0 unspecified atom stereocenters. The van der Waals surface area contributed by atoms with E-state index in [1.54, 1.807) is 0 Å². The monoisotopic (exact) mass is 216 g/mol. The second kappa shape index (κ2) is 12.2. The fraction of sp³-hybridized carbons (Fsp3) is 0.500. The third-order valence-electron chi connectivity index (χ3n) is 0.781. The van der Waals surface area contributed by atoms with E-state index < -0.39 is 18.1 Å². The Labute approximate surface area is 102 Å². The molecule has 0 fully saturated rings. The van der Waals surface area contributed by atoms with Crippen LogP contribution in [0.4, 0.5) is 4.79 Å². The first-order valence-corrected chi connectivity index (χ1v) is 3.19. The van der Waals surface area contributed by atoms with Gasteiger partial charge in [-0.3, -0.25) is 9.59 Å². The Balaban J connectivity index is -0.000000209. The summed E-state index contributed by atoms with van der Waals surface area (Å²) in [4.78, 5) is 28.0. The van der Waals surface area contributed by atoms with Gasteiger partial charge in [-0.1, -0.05) is 0 Å². The summed E-state index contributed by atoms with van der Waals surface area (Å²) in [6.07, 6.45) is -2.00. The second-order valence-corrected chi connectivity index (χ2v) is 1.91. The molecule has 0 spiro atoms. The number of carboxylic acid groups (broad SMARTS) is 4. The van der Waals surface area contributed by atoms with Crippen molar-refractivity contribution in [2.24, 2.45) is 0 Å². The minimum absolute atomic E-state index is 0. The van der Waals surface area contributed by atoms with Crippen molar-refractivity contribution in [1.29, 1.82) is 0 Å². The molecule has 0 aromatic carbocycles. The molecule has 0 aliphatic heterocycles. The Hall–Kier alpha value is -0.790. The molecule has 0 saturated carbocycles. The van der Waals surface area contributed by atoms with Crippen LogP contribution in [0.25, 0.3) is 0 Å². The first-order chi connectivity index (χ1) is 5.86. The van der Waals surface area contributed by atoms with Crippen molar-refractivity contribution < 1.29 is 64.4 Å². The number of aliphatic carboxylic acids is 2. The minimum Gasteiger partial charge on any atom is -0.565 e. The van der Waals surface area contributed by atoms with E-state index in [0.717, 1.165) is 0 Å². The average Bonchev–Trinajstić information content (AvgIpc) is 1.83. The van der Waals surface area contributed by atoms with Crippen molar-refractivity contribution in [2.45, 2.75) is 19.3 Å². The van der Waals surface area contributed by atoms with Gasteiger partial charge in [-0.2, -0.15) is 0 Å². The summed E-state index contributed by atoms with van der Waals surface area (Å²) in [5.41, 5.74) is 0. The Morgan fingerprint density at radius 2 is 1.14 bits per heavy atom. The zero-order valence-electron chi connectivity index (χ0n) is 7.60. The molecule has 0 aliphatic carbocycles. The molecule has 0 aliphatic rings. The molecule has 0 saturated heterocycles. The summed E-state index contributed by atoms with van der Waals surface area (Å²) < 4.78 is 0. The van der Waals surface area contributed by atoms with Crippen molar-refractivity contribution in [3.05, 3.63) is 0 Å². The van der Waals surface area contributed by atoms with Gasteiger partial charge in [0, 0.05) is 12.8 Å². The molecule has 3 N–H and O–H groups in total. The largest absolute Gasteiger partial charge is 1.00 e. The van der Waals surface area contributed by atoms with Crippen LogP contribution in [0.5, 0.6) is 0 Å². The maximum atomic E-state index is 9.79. The van der Waals surface area contributed by atoms with E-state index in [1.807, 2.05) is 0 Å². The predicted molar refractivity (Wildman–Crippen MR) is 37.1 cm³/mol. The third-order valence-corrected chi connectivity index (χ3v) is 0.781. The molecule has 0 heterocycles. The molecule has 0 atom stereocenters. The Kier molecular flexibility index (Phi) is 16.5.